The summed E-state index contributed by atoms with van der Waals surface area (Å²) in [6.07, 6.45) is 1.09. The van der Waals surface area contributed by atoms with Crippen molar-refractivity contribution in [2.45, 2.75) is 33.7 Å². The molecule has 90 valence electrons. The van der Waals surface area contributed by atoms with E-state index >= 15 is 0 Å². The molecular formula is C14H23NO. The van der Waals surface area contributed by atoms with Gasteiger partial charge in [-0.15, -0.1) is 0 Å². The topological polar surface area (TPSA) is 32.3 Å². The molecule has 0 unspecified atom stereocenters. The first-order chi connectivity index (χ1) is 7.57. The molecule has 0 amide bonds. The highest BCUT2D eigenvalue weighted by molar-refractivity contribution is 5.22. The molecule has 0 aliphatic heterocycles. The molecule has 0 aliphatic carbocycles. The number of hydrogen-bond acceptors (Lipinski definition) is 2. The molecular weight excluding hydrogens is 198 g/mol. The SMILES string of the molecule is CCc1ccc(CNCC(C)(C)CO)cc1. The summed E-state index contributed by atoms with van der Waals surface area (Å²) in [5.74, 6) is 0. The van der Waals surface area contributed by atoms with Gasteiger partial charge >= 0.3 is 0 Å². The zero-order valence-electron chi connectivity index (χ0n) is 10.6. The van der Waals surface area contributed by atoms with Crippen molar-refractivity contribution in [3.05, 3.63) is 35.4 Å². The predicted molar refractivity (Wildman–Crippen MR) is 68.4 cm³/mol. The second kappa shape index (κ2) is 6.02. The van der Waals surface area contributed by atoms with Crippen LogP contribution in [0.5, 0.6) is 0 Å². The van der Waals surface area contributed by atoms with Crippen LogP contribution in [0.2, 0.25) is 0 Å². The van der Waals surface area contributed by atoms with Crippen LogP contribution < -0.4 is 5.32 Å². The van der Waals surface area contributed by atoms with E-state index in [0.717, 1.165) is 19.5 Å². The average Bonchev–Trinajstić information content (AvgIpc) is 2.30. The molecule has 1 aromatic carbocycles. The second-order valence-corrected chi connectivity index (χ2v) is 5.10. The monoisotopic (exact) mass is 221 g/mol. The Kier molecular flexibility index (Phi) is 4.97. The van der Waals surface area contributed by atoms with E-state index < -0.39 is 0 Å². The van der Waals surface area contributed by atoms with Gasteiger partial charge in [0, 0.05) is 25.1 Å². The number of benzene rings is 1. The molecule has 0 atom stereocenters. The minimum absolute atomic E-state index is 0.0383. The lowest BCUT2D eigenvalue weighted by Crippen LogP contribution is -2.31. The Hall–Kier alpha value is -0.860. The number of aliphatic hydroxyl groups excluding tert-OH is 1. The first-order valence-electron chi connectivity index (χ1n) is 5.97. The van der Waals surface area contributed by atoms with E-state index in [-0.39, 0.29) is 12.0 Å². The van der Waals surface area contributed by atoms with Gasteiger partial charge in [-0.05, 0) is 17.5 Å². The Balaban J connectivity index is 2.37. The highest BCUT2D eigenvalue weighted by Crippen LogP contribution is 2.12. The molecule has 1 rings (SSSR count). The summed E-state index contributed by atoms with van der Waals surface area (Å²) in [6.45, 7) is 8.19. The molecule has 0 aromatic heterocycles. The average molecular weight is 221 g/mol. The van der Waals surface area contributed by atoms with Crippen LogP contribution in [-0.2, 0) is 13.0 Å². The van der Waals surface area contributed by atoms with E-state index in [4.69, 9.17) is 5.11 Å². The van der Waals surface area contributed by atoms with Crippen LogP contribution in [0.1, 0.15) is 31.9 Å². The maximum Gasteiger partial charge on any atom is 0.0494 e. The molecule has 0 aliphatic rings. The van der Waals surface area contributed by atoms with E-state index in [1.165, 1.54) is 11.1 Å². The third-order valence-corrected chi connectivity index (χ3v) is 2.79. The molecule has 0 saturated carbocycles. The summed E-state index contributed by atoms with van der Waals surface area (Å²) >= 11 is 0. The fraction of sp³-hybridized carbons (Fsp3) is 0.571. The lowest BCUT2D eigenvalue weighted by atomic mass is 9.95. The Bertz CT molecular complexity index is 303. The summed E-state index contributed by atoms with van der Waals surface area (Å²) in [5, 5.41) is 12.5. The minimum atomic E-state index is -0.0383. The minimum Gasteiger partial charge on any atom is -0.396 e. The maximum absolute atomic E-state index is 9.12. The van der Waals surface area contributed by atoms with Gasteiger partial charge in [0.2, 0.25) is 0 Å². The molecule has 0 fully saturated rings. The molecule has 2 heteroatoms. The fourth-order valence-electron chi connectivity index (χ4n) is 1.49. The van der Waals surface area contributed by atoms with Crippen LogP contribution in [0.25, 0.3) is 0 Å². The number of aryl methyl sites for hydroxylation is 1. The molecule has 0 bridgehead atoms. The van der Waals surface area contributed by atoms with Gasteiger partial charge < -0.3 is 10.4 Å². The normalized spacial score (nSPS) is 11.8. The summed E-state index contributed by atoms with van der Waals surface area (Å²) in [7, 11) is 0. The smallest absolute Gasteiger partial charge is 0.0494 e. The van der Waals surface area contributed by atoms with Crippen LogP contribution in [0, 0.1) is 5.41 Å². The van der Waals surface area contributed by atoms with Crippen LogP contribution in [0.4, 0.5) is 0 Å². The van der Waals surface area contributed by atoms with Gasteiger partial charge in [0.05, 0.1) is 0 Å². The van der Waals surface area contributed by atoms with Crippen molar-refractivity contribution in [2.75, 3.05) is 13.2 Å². The van der Waals surface area contributed by atoms with Gasteiger partial charge in [-0.1, -0.05) is 45.0 Å². The number of rotatable bonds is 6. The number of hydrogen-bond donors (Lipinski definition) is 2. The first-order valence-corrected chi connectivity index (χ1v) is 5.97. The van der Waals surface area contributed by atoms with E-state index in [2.05, 4.69) is 50.4 Å². The lowest BCUT2D eigenvalue weighted by Gasteiger charge is -2.21. The highest BCUT2D eigenvalue weighted by atomic mass is 16.3. The van der Waals surface area contributed by atoms with Gasteiger partial charge in [0.15, 0.2) is 0 Å². The van der Waals surface area contributed by atoms with Gasteiger partial charge in [0.25, 0.3) is 0 Å². The van der Waals surface area contributed by atoms with Crippen molar-refractivity contribution in [3.8, 4) is 0 Å². The zero-order chi connectivity index (χ0) is 12.0. The zero-order valence-corrected chi connectivity index (χ0v) is 10.6. The standard InChI is InChI=1S/C14H23NO/c1-4-12-5-7-13(8-6-12)9-15-10-14(2,3)11-16/h5-8,15-16H,4,9-11H2,1-3H3. The molecule has 1 aromatic rings. The Morgan fingerprint density at radius 2 is 1.69 bits per heavy atom. The van der Waals surface area contributed by atoms with Crippen LogP contribution in [0.15, 0.2) is 24.3 Å². The van der Waals surface area contributed by atoms with E-state index in [1.807, 2.05) is 0 Å². The molecule has 0 radical (unpaired) electrons. The molecule has 2 N–H and O–H groups in total. The third-order valence-electron chi connectivity index (χ3n) is 2.79. The van der Waals surface area contributed by atoms with Crippen molar-refractivity contribution < 1.29 is 5.11 Å². The van der Waals surface area contributed by atoms with Gasteiger partial charge in [-0.3, -0.25) is 0 Å². The van der Waals surface area contributed by atoms with Crippen molar-refractivity contribution >= 4 is 0 Å². The summed E-state index contributed by atoms with van der Waals surface area (Å²) in [4.78, 5) is 0. The molecule has 0 saturated heterocycles. The van der Waals surface area contributed by atoms with E-state index in [1.54, 1.807) is 0 Å². The summed E-state index contributed by atoms with van der Waals surface area (Å²) < 4.78 is 0. The number of nitrogens with one attached hydrogen (secondary N) is 1. The lowest BCUT2D eigenvalue weighted by molar-refractivity contribution is 0.156. The Morgan fingerprint density at radius 3 is 2.19 bits per heavy atom. The van der Waals surface area contributed by atoms with E-state index in [9.17, 15) is 0 Å². The van der Waals surface area contributed by atoms with Gasteiger partial charge in [0.1, 0.15) is 0 Å². The van der Waals surface area contributed by atoms with Gasteiger partial charge in [-0.25, -0.2) is 0 Å². The molecule has 16 heavy (non-hydrogen) atoms. The predicted octanol–water partition coefficient (Wildman–Crippen LogP) is 2.36. The van der Waals surface area contributed by atoms with Crippen molar-refractivity contribution in [1.82, 2.24) is 5.32 Å². The maximum atomic E-state index is 9.12. The summed E-state index contributed by atoms with van der Waals surface area (Å²) in [6, 6.07) is 8.68. The van der Waals surface area contributed by atoms with Gasteiger partial charge in [-0.2, -0.15) is 0 Å². The van der Waals surface area contributed by atoms with E-state index in [0.29, 0.717) is 0 Å². The van der Waals surface area contributed by atoms with Crippen LogP contribution >= 0.6 is 0 Å². The first kappa shape index (κ1) is 13.2. The van der Waals surface area contributed by atoms with Crippen molar-refractivity contribution in [3.63, 3.8) is 0 Å². The quantitative estimate of drug-likeness (QED) is 0.773. The largest absolute Gasteiger partial charge is 0.396 e. The summed E-state index contributed by atoms with van der Waals surface area (Å²) in [5.41, 5.74) is 2.63. The second-order valence-electron chi connectivity index (χ2n) is 5.10. The highest BCUT2D eigenvalue weighted by Gasteiger charge is 2.15. The van der Waals surface area contributed by atoms with Crippen LogP contribution in [0.3, 0.4) is 0 Å². The third kappa shape index (κ3) is 4.33. The fourth-order valence-corrected chi connectivity index (χ4v) is 1.49. The Labute approximate surface area is 98.7 Å². The van der Waals surface area contributed by atoms with Crippen molar-refractivity contribution in [1.29, 1.82) is 0 Å². The molecule has 0 spiro atoms. The van der Waals surface area contributed by atoms with Crippen molar-refractivity contribution in [2.24, 2.45) is 5.41 Å². The van der Waals surface area contributed by atoms with Crippen LogP contribution in [-0.4, -0.2) is 18.3 Å². The molecule has 0 heterocycles. The number of aliphatic hydroxyl groups is 1. The Morgan fingerprint density at radius 1 is 1.12 bits per heavy atom. The molecule has 2 nitrogen and oxygen atoms in total.